The minimum Gasteiger partial charge on any atom is -0.466 e. The van der Waals surface area contributed by atoms with E-state index in [1.54, 1.807) is 0 Å². The number of rotatable bonds is 32. The molecule has 0 saturated carbocycles. The normalized spacial score (nSPS) is 12.3. The molecule has 0 amide bonds. The Bertz CT molecular complexity index is 476. The van der Waals surface area contributed by atoms with E-state index in [1.165, 1.54) is 148 Å². The van der Waals surface area contributed by atoms with Gasteiger partial charge in [0, 0.05) is 6.42 Å². The van der Waals surface area contributed by atoms with Crippen LogP contribution in [0.2, 0.25) is 0 Å². The molecule has 0 radical (unpaired) electrons. The van der Waals surface area contributed by atoms with Crippen LogP contribution in [-0.4, -0.2) is 23.8 Å². The number of ether oxygens (including phenoxy) is 1. The Morgan fingerprint density at radius 1 is 0.513 bits per heavy atom. The highest BCUT2D eigenvalue weighted by atomic mass is 16.5. The molecule has 0 aromatic heterocycles. The third-order valence-electron chi connectivity index (χ3n) is 8.25. The summed E-state index contributed by atoms with van der Waals surface area (Å²) >= 11 is 0. The fourth-order valence-corrected chi connectivity index (χ4v) is 5.52. The molecule has 0 aliphatic heterocycles. The van der Waals surface area contributed by atoms with E-state index in [4.69, 9.17) is 4.74 Å². The van der Waals surface area contributed by atoms with Crippen molar-refractivity contribution in [1.29, 1.82) is 0 Å². The number of carbonyl (C=O) groups excluding carboxylic acids is 1. The molecule has 39 heavy (non-hydrogen) atoms. The number of hydrogen-bond acceptors (Lipinski definition) is 3. The largest absolute Gasteiger partial charge is 0.466 e. The molecule has 0 bridgehead atoms. The Balaban J connectivity index is 3.21. The van der Waals surface area contributed by atoms with E-state index in [9.17, 15) is 9.90 Å². The number of esters is 1. The minimum atomic E-state index is -0.0785. The molecule has 0 spiro atoms. The summed E-state index contributed by atoms with van der Waals surface area (Å²) < 4.78 is 5.43. The predicted octanol–water partition coefficient (Wildman–Crippen LogP) is 11.9. The Hall–Kier alpha value is -0.570. The smallest absolute Gasteiger partial charge is 0.305 e. The van der Waals surface area contributed by atoms with Crippen molar-refractivity contribution in [2.24, 2.45) is 5.92 Å². The third kappa shape index (κ3) is 33.5. The van der Waals surface area contributed by atoms with Gasteiger partial charge in [0.25, 0.3) is 0 Å². The van der Waals surface area contributed by atoms with Gasteiger partial charge in [-0.05, 0) is 31.6 Å². The second-order valence-corrected chi connectivity index (χ2v) is 12.9. The molecule has 0 saturated heterocycles. The van der Waals surface area contributed by atoms with Gasteiger partial charge in [-0.1, -0.05) is 175 Å². The van der Waals surface area contributed by atoms with E-state index in [0.29, 0.717) is 13.0 Å². The van der Waals surface area contributed by atoms with Crippen molar-refractivity contribution < 1.29 is 14.6 Å². The van der Waals surface area contributed by atoms with Crippen molar-refractivity contribution in [2.45, 2.75) is 213 Å². The topological polar surface area (TPSA) is 46.5 Å². The second kappa shape index (κ2) is 32.0. The van der Waals surface area contributed by atoms with Gasteiger partial charge in [-0.15, -0.1) is 0 Å². The molecule has 0 aromatic carbocycles. The van der Waals surface area contributed by atoms with Crippen LogP contribution in [0, 0.1) is 5.92 Å². The average molecular weight is 553 g/mol. The summed E-state index contributed by atoms with van der Waals surface area (Å²) in [7, 11) is 0. The molecule has 0 heterocycles. The molecule has 0 aliphatic rings. The van der Waals surface area contributed by atoms with Gasteiger partial charge in [-0.25, -0.2) is 0 Å². The molecular formula is C36H72O3. The number of aliphatic hydroxyl groups excluding tert-OH is 1. The summed E-state index contributed by atoms with van der Waals surface area (Å²) in [5.41, 5.74) is 0. The van der Waals surface area contributed by atoms with Crippen molar-refractivity contribution >= 4 is 5.97 Å². The standard InChI is InChI=1S/C36H72O3/c1-4-5-6-25-30-35(37)31-26-21-17-13-14-18-22-27-32-36(38)39-33-28-23-19-15-11-9-7-8-10-12-16-20-24-29-34(2)3/h34-35,37H,4-33H2,1-3H3. The van der Waals surface area contributed by atoms with Crippen LogP contribution in [-0.2, 0) is 9.53 Å². The van der Waals surface area contributed by atoms with E-state index in [-0.39, 0.29) is 12.1 Å². The number of carbonyl (C=O) groups is 1. The highest BCUT2D eigenvalue weighted by Gasteiger charge is 2.04. The Kier molecular flexibility index (Phi) is 31.5. The van der Waals surface area contributed by atoms with Gasteiger partial charge in [0.1, 0.15) is 0 Å². The molecule has 0 fully saturated rings. The zero-order chi connectivity index (χ0) is 28.7. The summed E-state index contributed by atoms with van der Waals surface area (Å²) in [5.74, 6) is 0.872. The molecule has 0 aromatic rings. The zero-order valence-electron chi connectivity index (χ0n) is 27.1. The van der Waals surface area contributed by atoms with Gasteiger partial charge in [-0.3, -0.25) is 4.79 Å². The molecule has 234 valence electrons. The van der Waals surface area contributed by atoms with E-state index < -0.39 is 0 Å². The Labute approximate surface area is 246 Å². The van der Waals surface area contributed by atoms with Crippen LogP contribution < -0.4 is 0 Å². The van der Waals surface area contributed by atoms with Crippen molar-refractivity contribution in [2.75, 3.05) is 6.61 Å². The molecule has 3 nitrogen and oxygen atoms in total. The summed E-state index contributed by atoms with van der Waals surface area (Å²) in [6, 6.07) is 0. The second-order valence-electron chi connectivity index (χ2n) is 12.9. The van der Waals surface area contributed by atoms with Gasteiger partial charge in [-0.2, -0.15) is 0 Å². The van der Waals surface area contributed by atoms with Gasteiger partial charge in [0.05, 0.1) is 12.7 Å². The fraction of sp³-hybridized carbons (Fsp3) is 0.972. The van der Waals surface area contributed by atoms with Crippen LogP contribution in [0.3, 0.4) is 0 Å². The highest BCUT2D eigenvalue weighted by Crippen LogP contribution is 2.16. The molecular weight excluding hydrogens is 480 g/mol. The predicted molar refractivity (Wildman–Crippen MR) is 171 cm³/mol. The number of unbranched alkanes of at least 4 members (excludes halogenated alkanes) is 22. The van der Waals surface area contributed by atoms with Crippen molar-refractivity contribution in [3.63, 3.8) is 0 Å². The summed E-state index contributed by atoms with van der Waals surface area (Å²) in [6.07, 6.45) is 36.1. The van der Waals surface area contributed by atoms with E-state index in [2.05, 4.69) is 20.8 Å². The fourth-order valence-electron chi connectivity index (χ4n) is 5.52. The Morgan fingerprint density at radius 2 is 0.872 bits per heavy atom. The highest BCUT2D eigenvalue weighted by molar-refractivity contribution is 5.69. The summed E-state index contributed by atoms with van der Waals surface area (Å²) in [6.45, 7) is 7.50. The van der Waals surface area contributed by atoms with E-state index >= 15 is 0 Å². The lowest BCUT2D eigenvalue weighted by Gasteiger charge is -2.10. The Morgan fingerprint density at radius 3 is 1.31 bits per heavy atom. The molecule has 3 heteroatoms. The van der Waals surface area contributed by atoms with E-state index in [1.807, 2.05) is 0 Å². The molecule has 1 N–H and O–H groups in total. The van der Waals surface area contributed by atoms with Crippen molar-refractivity contribution in [3.8, 4) is 0 Å². The van der Waals surface area contributed by atoms with E-state index in [0.717, 1.165) is 38.0 Å². The zero-order valence-corrected chi connectivity index (χ0v) is 27.1. The van der Waals surface area contributed by atoms with Gasteiger partial charge in [0.2, 0.25) is 0 Å². The SMILES string of the molecule is CCCCCCC(O)CCCCCCCCCCC(=O)OCCCCCCCCCCCCCCCC(C)C. The lowest BCUT2D eigenvalue weighted by atomic mass is 10.0. The van der Waals surface area contributed by atoms with Crippen LogP contribution in [0.4, 0.5) is 0 Å². The average Bonchev–Trinajstić information content (AvgIpc) is 2.91. The van der Waals surface area contributed by atoms with Crippen LogP contribution in [0.25, 0.3) is 0 Å². The first-order chi connectivity index (χ1) is 19.1. The first kappa shape index (κ1) is 38.4. The molecule has 0 aliphatic carbocycles. The minimum absolute atomic E-state index is 0.00294. The summed E-state index contributed by atoms with van der Waals surface area (Å²) in [5, 5.41) is 10.0. The lowest BCUT2D eigenvalue weighted by Crippen LogP contribution is -2.06. The van der Waals surface area contributed by atoms with Crippen LogP contribution >= 0.6 is 0 Å². The van der Waals surface area contributed by atoms with Crippen LogP contribution in [0.1, 0.15) is 207 Å². The summed E-state index contributed by atoms with van der Waals surface area (Å²) in [4.78, 5) is 11.9. The molecule has 0 rings (SSSR count). The third-order valence-corrected chi connectivity index (χ3v) is 8.25. The quantitative estimate of drug-likeness (QED) is 0.0666. The lowest BCUT2D eigenvalue weighted by molar-refractivity contribution is -0.143. The number of hydrogen-bond donors (Lipinski definition) is 1. The van der Waals surface area contributed by atoms with Gasteiger partial charge >= 0.3 is 5.97 Å². The maximum Gasteiger partial charge on any atom is 0.305 e. The maximum absolute atomic E-state index is 11.9. The number of aliphatic hydroxyl groups is 1. The van der Waals surface area contributed by atoms with Crippen LogP contribution in [0.5, 0.6) is 0 Å². The van der Waals surface area contributed by atoms with Gasteiger partial charge < -0.3 is 9.84 Å². The maximum atomic E-state index is 11.9. The van der Waals surface area contributed by atoms with Crippen molar-refractivity contribution in [3.05, 3.63) is 0 Å². The molecule has 1 atom stereocenters. The van der Waals surface area contributed by atoms with Gasteiger partial charge in [0.15, 0.2) is 0 Å². The monoisotopic (exact) mass is 553 g/mol. The molecule has 1 unspecified atom stereocenters. The van der Waals surface area contributed by atoms with Crippen molar-refractivity contribution in [1.82, 2.24) is 0 Å². The van der Waals surface area contributed by atoms with Crippen LogP contribution in [0.15, 0.2) is 0 Å². The first-order valence-corrected chi connectivity index (χ1v) is 17.9. The first-order valence-electron chi connectivity index (χ1n) is 17.9.